The third-order valence-electron chi connectivity index (χ3n) is 3.23. The van der Waals surface area contributed by atoms with E-state index in [0.717, 1.165) is 22.2 Å². The highest BCUT2D eigenvalue weighted by atomic mass is 32.1. The first-order valence-electron chi connectivity index (χ1n) is 6.80. The van der Waals surface area contributed by atoms with Gasteiger partial charge in [-0.05, 0) is 39.0 Å². The predicted octanol–water partition coefficient (Wildman–Crippen LogP) is 3.51. The Bertz CT molecular complexity index is 732. The van der Waals surface area contributed by atoms with Gasteiger partial charge in [-0.1, -0.05) is 0 Å². The van der Waals surface area contributed by atoms with Crippen LogP contribution in [0.4, 0.5) is 5.69 Å². The Morgan fingerprint density at radius 2 is 2.10 bits per heavy atom. The molecule has 0 spiro atoms. The number of hydrogen-bond acceptors (Lipinski definition) is 5. The molecule has 0 saturated carbocycles. The zero-order chi connectivity index (χ0) is 14.8. The van der Waals surface area contributed by atoms with Crippen LogP contribution < -0.4 is 5.32 Å². The van der Waals surface area contributed by atoms with Crippen molar-refractivity contribution < 1.29 is 0 Å². The zero-order valence-electron chi connectivity index (χ0n) is 12.2. The van der Waals surface area contributed by atoms with Crippen LogP contribution in [0.2, 0.25) is 0 Å². The minimum atomic E-state index is 0.119. The number of aryl methyl sites for hydroxylation is 2. The van der Waals surface area contributed by atoms with Gasteiger partial charge in [0.1, 0.15) is 0 Å². The van der Waals surface area contributed by atoms with E-state index in [-0.39, 0.29) is 6.04 Å². The summed E-state index contributed by atoms with van der Waals surface area (Å²) in [6.07, 6.45) is 5.40. The van der Waals surface area contributed by atoms with Crippen molar-refractivity contribution in [1.29, 1.82) is 0 Å². The summed E-state index contributed by atoms with van der Waals surface area (Å²) in [4.78, 5) is 10.3. The van der Waals surface area contributed by atoms with Crippen LogP contribution in [0.25, 0.3) is 5.82 Å². The molecule has 0 aliphatic heterocycles. The van der Waals surface area contributed by atoms with Gasteiger partial charge in [-0.3, -0.25) is 0 Å². The molecule has 1 atom stereocenters. The van der Waals surface area contributed by atoms with Crippen LogP contribution in [-0.2, 0) is 0 Å². The van der Waals surface area contributed by atoms with E-state index in [1.54, 1.807) is 28.4 Å². The zero-order valence-corrected chi connectivity index (χ0v) is 13.1. The standard InChI is InChI=1S/C15H17N5S/c1-10(14-11(2)21-12(3)19-14)18-13-6-4-7-16-15(13)20-9-5-8-17-20/h4-10,18H,1-3H3. The van der Waals surface area contributed by atoms with Crippen LogP contribution in [0, 0.1) is 13.8 Å². The molecule has 3 rings (SSSR count). The van der Waals surface area contributed by atoms with Gasteiger partial charge < -0.3 is 5.32 Å². The lowest BCUT2D eigenvalue weighted by Crippen LogP contribution is -2.11. The Morgan fingerprint density at radius 1 is 1.24 bits per heavy atom. The molecule has 3 aromatic rings. The number of aromatic nitrogens is 4. The molecule has 3 heterocycles. The molecule has 0 saturated heterocycles. The van der Waals surface area contributed by atoms with Crippen LogP contribution in [0.15, 0.2) is 36.8 Å². The molecule has 108 valence electrons. The lowest BCUT2D eigenvalue weighted by atomic mass is 10.2. The summed E-state index contributed by atoms with van der Waals surface area (Å²) in [6, 6.07) is 5.93. The number of nitrogens with zero attached hydrogens (tertiary/aromatic N) is 4. The van der Waals surface area contributed by atoms with E-state index in [2.05, 4.69) is 34.2 Å². The van der Waals surface area contributed by atoms with E-state index < -0.39 is 0 Å². The highest BCUT2D eigenvalue weighted by molar-refractivity contribution is 7.11. The Balaban J connectivity index is 1.90. The lowest BCUT2D eigenvalue weighted by molar-refractivity contribution is 0.812. The third-order valence-corrected chi connectivity index (χ3v) is 4.13. The smallest absolute Gasteiger partial charge is 0.176 e. The van der Waals surface area contributed by atoms with Crippen molar-refractivity contribution in [3.05, 3.63) is 52.4 Å². The molecule has 5 nitrogen and oxygen atoms in total. The molecule has 1 unspecified atom stereocenters. The second kappa shape index (κ2) is 5.65. The van der Waals surface area contributed by atoms with E-state index in [1.165, 1.54) is 4.88 Å². The first-order chi connectivity index (χ1) is 10.1. The fourth-order valence-electron chi connectivity index (χ4n) is 2.33. The molecule has 3 aromatic heterocycles. The van der Waals surface area contributed by atoms with Crippen molar-refractivity contribution >= 4 is 17.0 Å². The van der Waals surface area contributed by atoms with Crippen LogP contribution in [-0.4, -0.2) is 19.7 Å². The molecular formula is C15H17N5S. The Kier molecular flexibility index (Phi) is 3.70. The Morgan fingerprint density at radius 3 is 2.76 bits per heavy atom. The molecule has 0 aliphatic rings. The van der Waals surface area contributed by atoms with Gasteiger partial charge in [0.25, 0.3) is 0 Å². The van der Waals surface area contributed by atoms with Crippen LogP contribution >= 0.6 is 11.3 Å². The number of hydrogen-bond donors (Lipinski definition) is 1. The normalized spacial score (nSPS) is 12.3. The minimum Gasteiger partial charge on any atom is -0.374 e. The second-order valence-electron chi connectivity index (χ2n) is 4.87. The van der Waals surface area contributed by atoms with E-state index in [1.807, 2.05) is 31.3 Å². The number of thiazole rings is 1. The van der Waals surface area contributed by atoms with Gasteiger partial charge in [0.2, 0.25) is 0 Å². The number of anilines is 1. The highest BCUT2D eigenvalue weighted by Gasteiger charge is 2.15. The summed E-state index contributed by atoms with van der Waals surface area (Å²) < 4.78 is 1.76. The van der Waals surface area contributed by atoms with Crippen molar-refractivity contribution in [2.24, 2.45) is 0 Å². The largest absolute Gasteiger partial charge is 0.374 e. The van der Waals surface area contributed by atoms with Gasteiger partial charge >= 0.3 is 0 Å². The number of rotatable bonds is 4. The molecule has 6 heteroatoms. The average molecular weight is 299 g/mol. The van der Waals surface area contributed by atoms with Gasteiger partial charge in [-0.2, -0.15) is 5.10 Å². The summed E-state index contributed by atoms with van der Waals surface area (Å²) in [5.41, 5.74) is 2.03. The summed E-state index contributed by atoms with van der Waals surface area (Å²) in [6.45, 7) is 6.25. The minimum absolute atomic E-state index is 0.119. The van der Waals surface area contributed by atoms with Crippen molar-refractivity contribution in [3.8, 4) is 5.82 Å². The molecule has 0 aliphatic carbocycles. The maximum atomic E-state index is 4.61. The van der Waals surface area contributed by atoms with E-state index in [9.17, 15) is 0 Å². The quantitative estimate of drug-likeness (QED) is 0.801. The maximum Gasteiger partial charge on any atom is 0.176 e. The topological polar surface area (TPSA) is 55.6 Å². The van der Waals surface area contributed by atoms with E-state index in [4.69, 9.17) is 0 Å². The molecule has 0 amide bonds. The van der Waals surface area contributed by atoms with E-state index in [0.29, 0.717) is 0 Å². The predicted molar refractivity (Wildman–Crippen MR) is 85.0 cm³/mol. The highest BCUT2D eigenvalue weighted by Crippen LogP contribution is 2.27. The van der Waals surface area contributed by atoms with E-state index >= 15 is 0 Å². The first kappa shape index (κ1) is 13.8. The van der Waals surface area contributed by atoms with Crippen LogP contribution in [0.3, 0.4) is 0 Å². The van der Waals surface area contributed by atoms with Gasteiger partial charge in [-0.15, -0.1) is 11.3 Å². The summed E-state index contributed by atoms with van der Waals surface area (Å²) >= 11 is 1.73. The second-order valence-corrected chi connectivity index (χ2v) is 6.27. The van der Waals surface area contributed by atoms with Gasteiger partial charge in [0, 0.05) is 23.5 Å². The van der Waals surface area contributed by atoms with Gasteiger partial charge in [0.15, 0.2) is 5.82 Å². The fourth-order valence-corrected chi connectivity index (χ4v) is 3.25. The van der Waals surface area contributed by atoms with Crippen molar-refractivity contribution in [3.63, 3.8) is 0 Å². The fraction of sp³-hybridized carbons (Fsp3) is 0.267. The molecule has 0 aromatic carbocycles. The van der Waals surface area contributed by atoms with Gasteiger partial charge in [-0.25, -0.2) is 14.6 Å². The Labute approximate surface area is 127 Å². The first-order valence-corrected chi connectivity index (χ1v) is 7.62. The monoisotopic (exact) mass is 299 g/mol. The van der Waals surface area contributed by atoms with Crippen molar-refractivity contribution in [2.75, 3.05) is 5.32 Å². The summed E-state index contributed by atoms with van der Waals surface area (Å²) in [7, 11) is 0. The van der Waals surface area contributed by atoms with Crippen molar-refractivity contribution in [1.82, 2.24) is 19.7 Å². The van der Waals surface area contributed by atoms with Crippen LogP contribution in [0.5, 0.6) is 0 Å². The van der Waals surface area contributed by atoms with Crippen LogP contribution in [0.1, 0.15) is 28.5 Å². The summed E-state index contributed by atoms with van der Waals surface area (Å²) in [5, 5.41) is 8.83. The SMILES string of the molecule is Cc1nc(C(C)Nc2cccnc2-n2cccn2)c(C)s1. The van der Waals surface area contributed by atoms with Gasteiger partial charge in [0.05, 0.1) is 22.4 Å². The molecular weight excluding hydrogens is 282 g/mol. The molecule has 0 fully saturated rings. The Hall–Kier alpha value is -2.21. The number of pyridine rings is 1. The lowest BCUT2D eigenvalue weighted by Gasteiger charge is -2.16. The molecule has 1 N–H and O–H groups in total. The molecule has 0 radical (unpaired) electrons. The van der Waals surface area contributed by atoms with Crippen molar-refractivity contribution in [2.45, 2.75) is 26.8 Å². The molecule has 21 heavy (non-hydrogen) atoms. The summed E-state index contributed by atoms with van der Waals surface area (Å²) in [5.74, 6) is 0.791. The maximum absolute atomic E-state index is 4.61. The third kappa shape index (κ3) is 2.80. The number of nitrogens with one attached hydrogen (secondary N) is 1. The molecule has 0 bridgehead atoms. The average Bonchev–Trinajstić information content (AvgIpc) is 3.09.